The van der Waals surface area contributed by atoms with E-state index in [0.717, 1.165) is 42.3 Å². The Balaban J connectivity index is 1.46. The number of morpholine rings is 1. The summed E-state index contributed by atoms with van der Waals surface area (Å²) < 4.78 is 5.78. The molecule has 1 N–H and O–H groups in total. The monoisotopic (exact) mass is 386 g/mol. The molecule has 2 aromatic rings. The van der Waals surface area contributed by atoms with E-state index in [2.05, 4.69) is 36.2 Å². The van der Waals surface area contributed by atoms with Crippen molar-refractivity contribution < 1.29 is 9.53 Å². The average Bonchev–Trinajstić information content (AvgIpc) is 2.63. The highest BCUT2D eigenvalue weighted by atomic mass is 35.5. The van der Waals surface area contributed by atoms with Gasteiger partial charge >= 0.3 is 0 Å². The standard InChI is InChI=1S/C22H27ClN2O2/c1-16-14-25(15-17(2)27-16)21-12-10-20(11-13-21)24-22(26)5-3-4-18-6-8-19(23)9-7-18/h6-13,16-17H,3-5,14-15H2,1-2H3,(H,24,26). The fraction of sp³-hybridized carbons (Fsp3) is 0.409. The minimum absolute atomic E-state index is 0.0466. The summed E-state index contributed by atoms with van der Waals surface area (Å²) in [5, 5.41) is 3.72. The lowest BCUT2D eigenvalue weighted by Crippen LogP contribution is -2.45. The second kappa shape index (κ2) is 9.25. The molecule has 1 heterocycles. The van der Waals surface area contributed by atoms with Crippen LogP contribution in [0.15, 0.2) is 48.5 Å². The summed E-state index contributed by atoms with van der Waals surface area (Å²) in [6.45, 7) is 5.98. The molecule has 2 atom stereocenters. The fourth-order valence-corrected chi connectivity index (χ4v) is 3.60. The van der Waals surface area contributed by atoms with Crippen molar-refractivity contribution >= 4 is 28.9 Å². The first-order chi connectivity index (χ1) is 13.0. The maximum absolute atomic E-state index is 12.2. The Labute approximate surface area is 166 Å². The van der Waals surface area contributed by atoms with Gasteiger partial charge in [0.15, 0.2) is 0 Å². The molecule has 4 nitrogen and oxygen atoms in total. The highest BCUT2D eigenvalue weighted by Crippen LogP contribution is 2.22. The Hall–Kier alpha value is -2.04. The van der Waals surface area contributed by atoms with Gasteiger partial charge in [0.1, 0.15) is 0 Å². The number of aryl methyl sites for hydroxylation is 1. The first kappa shape index (κ1) is 19.7. The number of carbonyl (C=O) groups is 1. The van der Waals surface area contributed by atoms with Gasteiger partial charge in [0, 0.05) is 35.9 Å². The molecule has 0 spiro atoms. The lowest BCUT2D eigenvalue weighted by Gasteiger charge is -2.36. The summed E-state index contributed by atoms with van der Waals surface area (Å²) >= 11 is 5.89. The Morgan fingerprint density at radius 2 is 1.70 bits per heavy atom. The molecular weight excluding hydrogens is 360 g/mol. The van der Waals surface area contributed by atoms with Crippen LogP contribution in [0.25, 0.3) is 0 Å². The van der Waals surface area contributed by atoms with Gasteiger partial charge in [-0.15, -0.1) is 0 Å². The van der Waals surface area contributed by atoms with Gasteiger partial charge in [-0.25, -0.2) is 0 Å². The molecule has 2 unspecified atom stereocenters. The normalized spacial score (nSPS) is 19.7. The van der Waals surface area contributed by atoms with E-state index >= 15 is 0 Å². The third-order valence-corrected chi connectivity index (χ3v) is 4.97. The minimum atomic E-state index is 0.0466. The fourth-order valence-electron chi connectivity index (χ4n) is 3.47. The number of nitrogens with one attached hydrogen (secondary N) is 1. The molecule has 0 bridgehead atoms. The molecule has 0 saturated carbocycles. The van der Waals surface area contributed by atoms with Gasteiger partial charge in [-0.2, -0.15) is 0 Å². The summed E-state index contributed by atoms with van der Waals surface area (Å²) in [6, 6.07) is 15.8. The summed E-state index contributed by atoms with van der Waals surface area (Å²) in [5.74, 6) is 0.0466. The topological polar surface area (TPSA) is 41.6 Å². The second-order valence-electron chi connectivity index (χ2n) is 7.24. The predicted octanol–water partition coefficient (Wildman–Crippen LogP) is 4.92. The molecule has 1 fully saturated rings. The van der Waals surface area contributed by atoms with Crippen LogP contribution < -0.4 is 10.2 Å². The van der Waals surface area contributed by atoms with Crippen molar-refractivity contribution in [2.24, 2.45) is 0 Å². The summed E-state index contributed by atoms with van der Waals surface area (Å²) in [7, 11) is 0. The number of rotatable bonds is 6. The molecule has 1 aliphatic heterocycles. The number of carbonyl (C=O) groups excluding carboxylic acids is 1. The molecule has 1 saturated heterocycles. The van der Waals surface area contributed by atoms with E-state index in [1.54, 1.807) is 0 Å². The molecule has 27 heavy (non-hydrogen) atoms. The van der Waals surface area contributed by atoms with Crippen LogP contribution in [0, 0.1) is 0 Å². The van der Waals surface area contributed by atoms with Crippen molar-refractivity contribution in [2.45, 2.75) is 45.3 Å². The van der Waals surface area contributed by atoms with E-state index in [4.69, 9.17) is 16.3 Å². The zero-order valence-electron chi connectivity index (χ0n) is 16.0. The summed E-state index contributed by atoms with van der Waals surface area (Å²) in [6.07, 6.45) is 2.65. The smallest absolute Gasteiger partial charge is 0.224 e. The first-order valence-electron chi connectivity index (χ1n) is 9.54. The lowest BCUT2D eigenvalue weighted by atomic mass is 10.1. The average molecular weight is 387 g/mol. The van der Waals surface area contributed by atoms with E-state index < -0.39 is 0 Å². The highest BCUT2D eigenvalue weighted by Gasteiger charge is 2.22. The maximum Gasteiger partial charge on any atom is 0.224 e. The summed E-state index contributed by atoms with van der Waals surface area (Å²) in [4.78, 5) is 14.5. The van der Waals surface area contributed by atoms with E-state index in [-0.39, 0.29) is 18.1 Å². The molecule has 1 amide bonds. The van der Waals surface area contributed by atoms with Gasteiger partial charge in [0.25, 0.3) is 0 Å². The summed E-state index contributed by atoms with van der Waals surface area (Å²) in [5.41, 5.74) is 3.20. The van der Waals surface area contributed by atoms with Crippen LogP contribution >= 0.6 is 11.6 Å². The Bertz CT molecular complexity index is 736. The molecule has 2 aromatic carbocycles. The third-order valence-electron chi connectivity index (χ3n) is 4.72. The number of anilines is 2. The lowest BCUT2D eigenvalue weighted by molar-refractivity contribution is -0.116. The van der Waals surface area contributed by atoms with Crippen LogP contribution in [0.1, 0.15) is 32.3 Å². The van der Waals surface area contributed by atoms with Crippen molar-refractivity contribution in [2.75, 3.05) is 23.3 Å². The van der Waals surface area contributed by atoms with Gasteiger partial charge in [-0.05, 0) is 68.7 Å². The molecule has 144 valence electrons. The number of ether oxygens (including phenoxy) is 1. The molecule has 0 aliphatic carbocycles. The van der Waals surface area contributed by atoms with Crippen molar-refractivity contribution in [3.63, 3.8) is 0 Å². The van der Waals surface area contributed by atoms with E-state index in [0.29, 0.717) is 6.42 Å². The molecule has 5 heteroatoms. The molecule has 3 rings (SSSR count). The van der Waals surface area contributed by atoms with Crippen LogP contribution in [0.5, 0.6) is 0 Å². The number of benzene rings is 2. The van der Waals surface area contributed by atoms with Crippen molar-refractivity contribution in [1.29, 1.82) is 0 Å². The molecule has 0 radical (unpaired) electrons. The largest absolute Gasteiger partial charge is 0.372 e. The first-order valence-corrected chi connectivity index (χ1v) is 9.92. The predicted molar refractivity (Wildman–Crippen MR) is 112 cm³/mol. The van der Waals surface area contributed by atoms with Crippen LogP contribution in [0.4, 0.5) is 11.4 Å². The molecule has 1 aliphatic rings. The Morgan fingerprint density at radius 1 is 1.07 bits per heavy atom. The highest BCUT2D eigenvalue weighted by molar-refractivity contribution is 6.30. The molecule has 0 aromatic heterocycles. The molecular formula is C22H27ClN2O2. The third kappa shape index (κ3) is 5.98. The van der Waals surface area contributed by atoms with Gasteiger partial charge < -0.3 is 15.0 Å². The van der Waals surface area contributed by atoms with Crippen LogP contribution in [0.2, 0.25) is 5.02 Å². The Kier molecular flexibility index (Phi) is 6.75. The number of amides is 1. The SMILES string of the molecule is CC1CN(c2ccc(NC(=O)CCCc3ccc(Cl)cc3)cc2)CC(C)O1. The quantitative estimate of drug-likeness (QED) is 0.766. The van der Waals surface area contributed by atoms with E-state index in [1.807, 2.05) is 36.4 Å². The van der Waals surface area contributed by atoms with E-state index in [9.17, 15) is 4.79 Å². The van der Waals surface area contributed by atoms with Crippen molar-refractivity contribution in [1.82, 2.24) is 0 Å². The van der Waals surface area contributed by atoms with Gasteiger partial charge in [0.2, 0.25) is 5.91 Å². The second-order valence-corrected chi connectivity index (χ2v) is 7.67. The zero-order chi connectivity index (χ0) is 19.2. The van der Waals surface area contributed by atoms with Crippen LogP contribution in [-0.4, -0.2) is 31.2 Å². The number of nitrogens with zero attached hydrogens (tertiary/aromatic N) is 1. The maximum atomic E-state index is 12.2. The number of halogens is 1. The van der Waals surface area contributed by atoms with E-state index in [1.165, 1.54) is 5.56 Å². The van der Waals surface area contributed by atoms with Crippen LogP contribution in [0.3, 0.4) is 0 Å². The minimum Gasteiger partial charge on any atom is -0.372 e. The zero-order valence-corrected chi connectivity index (χ0v) is 16.7. The van der Waals surface area contributed by atoms with Gasteiger partial charge in [-0.3, -0.25) is 4.79 Å². The number of hydrogen-bond donors (Lipinski definition) is 1. The van der Waals surface area contributed by atoms with Gasteiger partial charge in [0.05, 0.1) is 12.2 Å². The number of hydrogen-bond acceptors (Lipinski definition) is 3. The van der Waals surface area contributed by atoms with Crippen molar-refractivity contribution in [3.8, 4) is 0 Å². The van der Waals surface area contributed by atoms with Crippen molar-refractivity contribution in [3.05, 3.63) is 59.1 Å². The van der Waals surface area contributed by atoms with Gasteiger partial charge in [-0.1, -0.05) is 23.7 Å². The van der Waals surface area contributed by atoms with Crippen LogP contribution in [-0.2, 0) is 16.0 Å². The Morgan fingerprint density at radius 3 is 2.33 bits per heavy atom.